The summed E-state index contributed by atoms with van der Waals surface area (Å²) in [7, 11) is 0. The Morgan fingerprint density at radius 2 is 0.684 bits per heavy atom. The molecule has 1 heteroatoms. The summed E-state index contributed by atoms with van der Waals surface area (Å²) in [6.45, 7) is 4.25. The Morgan fingerprint density at radius 3 is 1.18 bits per heavy atom. The molecular formula is C37H29N. The number of hydrogen-bond donors (Lipinski definition) is 0. The van der Waals surface area contributed by atoms with Gasteiger partial charge in [-0.05, 0) is 77.6 Å². The summed E-state index contributed by atoms with van der Waals surface area (Å²) in [6.07, 6.45) is 0. The van der Waals surface area contributed by atoms with E-state index >= 15 is 0 Å². The smallest absolute Gasteiger partial charge is 0.0716 e. The van der Waals surface area contributed by atoms with Gasteiger partial charge in [-0.3, -0.25) is 0 Å². The average Bonchev–Trinajstić information content (AvgIpc) is 2.98. The third kappa shape index (κ3) is 5.05. The summed E-state index contributed by atoms with van der Waals surface area (Å²) >= 11 is 0. The molecule has 0 unspecified atom stereocenters. The Labute approximate surface area is 225 Å². The lowest BCUT2D eigenvalue weighted by atomic mass is 9.93. The molecule has 0 fully saturated rings. The highest BCUT2D eigenvalue weighted by Gasteiger charge is 2.12. The third-order valence-corrected chi connectivity index (χ3v) is 7.00. The van der Waals surface area contributed by atoms with Crippen LogP contribution >= 0.6 is 0 Å². The van der Waals surface area contributed by atoms with E-state index in [1.165, 1.54) is 38.9 Å². The molecule has 0 spiro atoms. The minimum absolute atomic E-state index is 0.965. The second-order valence-electron chi connectivity index (χ2n) is 9.89. The normalized spacial score (nSPS) is 10.9. The first-order valence-electron chi connectivity index (χ1n) is 13.0. The van der Waals surface area contributed by atoms with Gasteiger partial charge >= 0.3 is 0 Å². The lowest BCUT2D eigenvalue weighted by Gasteiger charge is -2.14. The molecule has 6 rings (SSSR count). The minimum Gasteiger partial charge on any atom is -0.248 e. The van der Waals surface area contributed by atoms with Gasteiger partial charge in [0.05, 0.1) is 11.4 Å². The molecule has 1 heterocycles. The number of rotatable bonds is 5. The van der Waals surface area contributed by atoms with Crippen LogP contribution in [-0.4, -0.2) is 4.98 Å². The molecule has 0 aliphatic heterocycles. The van der Waals surface area contributed by atoms with Crippen LogP contribution in [0.4, 0.5) is 0 Å². The molecular weight excluding hydrogens is 458 g/mol. The summed E-state index contributed by atoms with van der Waals surface area (Å²) in [4.78, 5) is 5.20. The van der Waals surface area contributed by atoms with E-state index in [2.05, 4.69) is 147 Å². The van der Waals surface area contributed by atoms with Crippen LogP contribution in [0.2, 0.25) is 0 Å². The molecule has 1 aromatic heterocycles. The first-order chi connectivity index (χ1) is 18.6. The van der Waals surface area contributed by atoms with E-state index in [-0.39, 0.29) is 0 Å². The van der Waals surface area contributed by atoms with Crippen LogP contribution in [0.25, 0.3) is 55.9 Å². The zero-order valence-corrected chi connectivity index (χ0v) is 21.7. The van der Waals surface area contributed by atoms with Gasteiger partial charge in [-0.1, -0.05) is 120 Å². The summed E-state index contributed by atoms with van der Waals surface area (Å²) < 4.78 is 0. The SMILES string of the molecule is Cc1ccc(-c2cc(-c3ccc(C)cc3)cc(-c3cc(-c4ccccc4)cc(-c4ccccc4)n3)c2)cc1. The molecule has 6 aromatic rings. The minimum atomic E-state index is 0.965. The highest BCUT2D eigenvalue weighted by molar-refractivity contribution is 5.83. The fourth-order valence-corrected chi connectivity index (χ4v) is 4.83. The van der Waals surface area contributed by atoms with Gasteiger partial charge in [0.2, 0.25) is 0 Å². The second-order valence-corrected chi connectivity index (χ2v) is 9.89. The zero-order chi connectivity index (χ0) is 25.9. The Balaban J connectivity index is 1.57. The molecule has 0 bridgehead atoms. The van der Waals surface area contributed by atoms with Crippen LogP contribution in [0.1, 0.15) is 11.1 Å². The van der Waals surface area contributed by atoms with Gasteiger partial charge in [0.1, 0.15) is 0 Å². The van der Waals surface area contributed by atoms with Gasteiger partial charge in [-0.15, -0.1) is 0 Å². The van der Waals surface area contributed by atoms with Crippen LogP contribution in [0.5, 0.6) is 0 Å². The van der Waals surface area contributed by atoms with Crippen molar-refractivity contribution in [3.63, 3.8) is 0 Å². The highest BCUT2D eigenvalue weighted by atomic mass is 14.7. The fourth-order valence-electron chi connectivity index (χ4n) is 4.83. The van der Waals surface area contributed by atoms with Gasteiger partial charge in [-0.25, -0.2) is 4.98 Å². The molecule has 0 saturated carbocycles. The number of nitrogens with zero attached hydrogens (tertiary/aromatic N) is 1. The monoisotopic (exact) mass is 487 g/mol. The van der Waals surface area contributed by atoms with E-state index < -0.39 is 0 Å². The quantitative estimate of drug-likeness (QED) is 0.236. The predicted molar refractivity (Wildman–Crippen MR) is 161 cm³/mol. The summed E-state index contributed by atoms with van der Waals surface area (Å²) in [5.74, 6) is 0. The largest absolute Gasteiger partial charge is 0.248 e. The van der Waals surface area contributed by atoms with Gasteiger partial charge < -0.3 is 0 Å². The van der Waals surface area contributed by atoms with E-state index in [4.69, 9.17) is 4.98 Å². The van der Waals surface area contributed by atoms with Crippen molar-refractivity contribution >= 4 is 0 Å². The van der Waals surface area contributed by atoms with Crippen molar-refractivity contribution in [3.05, 3.63) is 151 Å². The summed E-state index contributed by atoms with van der Waals surface area (Å²) in [6, 6.07) is 49.8. The first kappa shape index (κ1) is 23.6. The molecule has 182 valence electrons. The zero-order valence-electron chi connectivity index (χ0n) is 21.7. The Morgan fingerprint density at radius 1 is 0.316 bits per heavy atom. The predicted octanol–water partition coefficient (Wildman–Crippen LogP) is 10.0. The van der Waals surface area contributed by atoms with Crippen LogP contribution in [0, 0.1) is 13.8 Å². The molecule has 0 aliphatic rings. The number of aryl methyl sites for hydroxylation is 2. The summed E-state index contributed by atoms with van der Waals surface area (Å²) in [5.41, 5.74) is 13.8. The Kier molecular flexibility index (Phi) is 6.42. The molecule has 0 atom stereocenters. The molecule has 0 N–H and O–H groups in total. The van der Waals surface area contributed by atoms with E-state index in [1.807, 2.05) is 6.07 Å². The number of hydrogen-bond acceptors (Lipinski definition) is 1. The van der Waals surface area contributed by atoms with Crippen LogP contribution < -0.4 is 0 Å². The van der Waals surface area contributed by atoms with E-state index in [0.717, 1.165) is 28.1 Å². The first-order valence-corrected chi connectivity index (χ1v) is 13.0. The third-order valence-electron chi connectivity index (χ3n) is 7.00. The molecule has 0 aliphatic carbocycles. The second kappa shape index (κ2) is 10.3. The van der Waals surface area contributed by atoms with E-state index in [9.17, 15) is 0 Å². The van der Waals surface area contributed by atoms with Crippen LogP contribution in [0.3, 0.4) is 0 Å². The van der Waals surface area contributed by atoms with Gasteiger partial charge in [-0.2, -0.15) is 0 Å². The average molecular weight is 488 g/mol. The van der Waals surface area contributed by atoms with Crippen molar-refractivity contribution in [1.82, 2.24) is 4.98 Å². The summed E-state index contributed by atoms with van der Waals surface area (Å²) in [5, 5.41) is 0. The maximum absolute atomic E-state index is 5.20. The highest BCUT2D eigenvalue weighted by Crippen LogP contribution is 2.35. The van der Waals surface area contributed by atoms with Crippen molar-refractivity contribution < 1.29 is 0 Å². The lowest BCUT2D eigenvalue weighted by Crippen LogP contribution is -1.93. The van der Waals surface area contributed by atoms with Crippen molar-refractivity contribution in [2.45, 2.75) is 13.8 Å². The standard InChI is InChI=1S/C37H29N/c1-26-13-17-29(18-14-26)32-21-33(30-19-15-27(2)16-20-30)23-35(22-32)37-25-34(28-9-5-3-6-10-28)24-36(38-37)31-11-7-4-8-12-31/h3-25H,1-2H3. The van der Waals surface area contributed by atoms with E-state index in [1.54, 1.807) is 0 Å². The van der Waals surface area contributed by atoms with Crippen molar-refractivity contribution in [2.24, 2.45) is 0 Å². The van der Waals surface area contributed by atoms with E-state index in [0.29, 0.717) is 0 Å². The number of pyridine rings is 1. The van der Waals surface area contributed by atoms with Gasteiger partial charge in [0.25, 0.3) is 0 Å². The molecule has 0 saturated heterocycles. The molecule has 0 amide bonds. The van der Waals surface area contributed by atoms with Crippen LogP contribution in [0.15, 0.2) is 140 Å². The van der Waals surface area contributed by atoms with Gasteiger partial charge in [0, 0.05) is 11.1 Å². The van der Waals surface area contributed by atoms with Crippen molar-refractivity contribution in [1.29, 1.82) is 0 Å². The number of aromatic nitrogens is 1. The topological polar surface area (TPSA) is 12.9 Å². The molecule has 5 aromatic carbocycles. The molecule has 0 radical (unpaired) electrons. The number of benzene rings is 5. The van der Waals surface area contributed by atoms with Crippen molar-refractivity contribution in [2.75, 3.05) is 0 Å². The van der Waals surface area contributed by atoms with Crippen LogP contribution in [-0.2, 0) is 0 Å². The van der Waals surface area contributed by atoms with Crippen molar-refractivity contribution in [3.8, 4) is 55.9 Å². The maximum Gasteiger partial charge on any atom is 0.0716 e. The fraction of sp³-hybridized carbons (Fsp3) is 0.0541. The Hall–Kier alpha value is -4.75. The van der Waals surface area contributed by atoms with Gasteiger partial charge in [0.15, 0.2) is 0 Å². The lowest BCUT2D eigenvalue weighted by molar-refractivity contribution is 1.32. The molecule has 38 heavy (non-hydrogen) atoms. The maximum atomic E-state index is 5.20. The Bertz CT molecular complexity index is 1560. The molecule has 1 nitrogen and oxygen atoms in total.